The van der Waals surface area contributed by atoms with Crippen LogP contribution in [0.2, 0.25) is 0 Å². The van der Waals surface area contributed by atoms with E-state index in [2.05, 4.69) is 10.6 Å². The maximum absolute atomic E-state index is 13.5. The minimum atomic E-state index is -0.276. The fourth-order valence-electron chi connectivity index (χ4n) is 4.30. The van der Waals surface area contributed by atoms with Gasteiger partial charge in [-0.2, -0.15) is 5.26 Å². The lowest BCUT2D eigenvalue weighted by molar-refractivity contribution is 0.135. The third-order valence-electron chi connectivity index (χ3n) is 6.28. The van der Waals surface area contributed by atoms with Crippen LogP contribution in [0.3, 0.4) is 0 Å². The maximum atomic E-state index is 13.5. The summed E-state index contributed by atoms with van der Waals surface area (Å²) in [4.78, 5) is 22.1. The molecule has 9 heteroatoms. The number of benzene rings is 3. The number of ether oxygens (including phenoxy) is 2. The molecule has 4 rings (SSSR count). The van der Waals surface area contributed by atoms with Crippen LogP contribution in [0.1, 0.15) is 17.2 Å². The van der Waals surface area contributed by atoms with E-state index in [9.17, 15) is 10.1 Å². The van der Waals surface area contributed by atoms with Gasteiger partial charge in [-0.1, -0.05) is 48.5 Å². The van der Waals surface area contributed by atoms with Crippen LogP contribution in [-0.4, -0.2) is 55.6 Å². The van der Waals surface area contributed by atoms with Gasteiger partial charge >= 0.3 is 6.03 Å². The summed E-state index contributed by atoms with van der Waals surface area (Å²) in [6.07, 6.45) is 2.01. The Hall–Kier alpha value is -4.71. The molecule has 2 N–H and O–H groups in total. The molecule has 37 heavy (non-hydrogen) atoms. The van der Waals surface area contributed by atoms with Crippen LogP contribution in [0.5, 0.6) is 11.5 Å². The molecule has 9 nitrogen and oxygen atoms in total. The molecule has 1 fully saturated rings. The predicted octanol–water partition coefficient (Wildman–Crippen LogP) is 4.66. The van der Waals surface area contributed by atoms with Crippen LogP contribution in [-0.2, 0) is 0 Å². The summed E-state index contributed by atoms with van der Waals surface area (Å²) in [7, 11) is 3.13. The van der Waals surface area contributed by atoms with Gasteiger partial charge in [-0.25, -0.2) is 9.79 Å². The lowest BCUT2D eigenvalue weighted by Gasteiger charge is -2.42. The van der Waals surface area contributed by atoms with Gasteiger partial charge in [0.25, 0.3) is 0 Å². The van der Waals surface area contributed by atoms with Crippen molar-refractivity contribution in [2.75, 3.05) is 39.2 Å². The Bertz CT molecular complexity index is 1300. The van der Waals surface area contributed by atoms with Gasteiger partial charge in [0.15, 0.2) is 6.19 Å². The molecule has 3 aromatic carbocycles. The molecule has 1 heterocycles. The average Bonchev–Trinajstić information content (AvgIpc) is 2.94. The van der Waals surface area contributed by atoms with Crippen molar-refractivity contribution in [3.63, 3.8) is 0 Å². The summed E-state index contributed by atoms with van der Waals surface area (Å²) < 4.78 is 10.7. The molecule has 0 aromatic heterocycles. The number of rotatable bonds is 5. The Labute approximate surface area is 216 Å². The van der Waals surface area contributed by atoms with Crippen LogP contribution >= 0.6 is 0 Å². The minimum absolute atomic E-state index is 0.248. The molecular formula is C28H30N6O3. The van der Waals surface area contributed by atoms with Crippen LogP contribution < -0.4 is 20.1 Å². The number of hydrogen-bond acceptors (Lipinski definition) is 5. The summed E-state index contributed by atoms with van der Waals surface area (Å²) in [5, 5.41) is 15.2. The Morgan fingerprint density at radius 2 is 1.78 bits per heavy atom. The van der Waals surface area contributed by atoms with Gasteiger partial charge in [0.1, 0.15) is 11.5 Å². The number of piperazine rings is 1. The van der Waals surface area contributed by atoms with E-state index < -0.39 is 0 Å². The van der Waals surface area contributed by atoms with Crippen molar-refractivity contribution in [2.45, 2.75) is 13.0 Å². The van der Waals surface area contributed by atoms with Gasteiger partial charge in [-0.05, 0) is 36.2 Å². The molecule has 1 atom stereocenters. The third-order valence-corrected chi connectivity index (χ3v) is 6.28. The number of amides is 2. The lowest BCUT2D eigenvalue weighted by atomic mass is 10.0. The smallest absolute Gasteiger partial charge is 0.322 e. The number of carbonyl (C=O) groups excluding carboxylic acids is 1. The van der Waals surface area contributed by atoms with E-state index in [-0.39, 0.29) is 12.1 Å². The van der Waals surface area contributed by atoms with Gasteiger partial charge in [0.05, 0.1) is 31.6 Å². The van der Waals surface area contributed by atoms with Crippen LogP contribution in [0.15, 0.2) is 77.8 Å². The second-order valence-electron chi connectivity index (χ2n) is 8.52. The molecule has 0 bridgehead atoms. The average molecular weight is 499 g/mol. The zero-order chi connectivity index (χ0) is 26.2. The normalized spacial score (nSPS) is 15.5. The zero-order valence-corrected chi connectivity index (χ0v) is 21.1. The molecule has 190 valence electrons. The molecule has 0 radical (unpaired) electrons. The summed E-state index contributed by atoms with van der Waals surface area (Å²) >= 11 is 0. The number of aliphatic imine (C=N–C) groups is 1. The zero-order valence-electron chi connectivity index (χ0n) is 21.1. The third kappa shape index (κ3) is 5.93. The first-order valence-electron chi connectivity index (χ1n) is 11.9. The van der Waals surface area contributed by atoms with Crippen molar-refractivity contribution in [3.8, 4) is 17.7 Å². The highest BCUT2D eigenvalue weighted by atomic mass is 16.5. The summed E-state index contributed by atoms with van der Waals surface area (Å²) in [5.74, 6) is 1.60. The fourth-order valence-corrected chi connectivity index (χ4v) is 4.30. The highest BCUT2D eigenvalue weighted by molar-refractivity contribution is 5.92. The predicted molar refractivity (Wildman–Crippen MR) is 143 cm³/mol. The van der Waals surface area contributed by atoms with Crippen molar-refractivity contribution in [1.82, 2.24) is 15.1 Å². The molecule has 2 amide bonds. The molecule has 0 aliphatic carbocycles. The first kappa shape index (κ1) is 25.4. The van der Waals surface area contributed by atoms with E-state index in [4.69, 9.17) is 14.5 Å². The SMILES string of the molecule is COc1ccc(NC(=O)N2CCN(C(=Nc3ccccc3C)NC#N)CC2c2ccccc2)c(OC)c1. The number of nitrogens with zero attached hydrogens (tertiary/aromatic N) is 4. The highest BCUT2D eigenvalue weighted by Gasteiger charge is 2.33. The van der Waals surface area contributed by atoms with E-state index in [0.717, 1.165) is 16.8 Å². The number of guanidine groups is 1. The van der Waals surface area contributed by atoms with Crippen LogP contribution in [0.25, 0.3) is 0 Å². The first-order valence-corrected chi connectivity index (χ1v) is 11.9. The lowest BCUT2D eigenvalue weighted by Crippen LogP contribution is -2.55. The Morgan fingerprint density at radius 3 is 2.49 bits per heavy atom. The van der Waals surface area contributed by atoms with Gasteiger partial charge in [-0.15, -0.1) is 0 Å². The quantitative estimate of drug-likeness (QED) is 0.230. The highest BCUT2D eigenvalue weighted by Crippen LogP contribution is 2.31. The Morgan fingerprint density at radius 1 is 1.03 bits per heavy atom. The van der Waals surface area contributed by atoms with Crippen LogP contribution in [0.4, 0.5) is 16.2 Å². The molecule has 1 unspecified atom stereocenters. The number of nitriles is 1. The fraction of sp³-hybridized carbons (Fsp3) is 0.250. The molecule has 1 aliphatic rings. The maximum Gasteiger partial charge on any atom is 0.322 e. The van der Waals surface area contributed by atoms with Gasteiger partial charge in [0, 0.05) is 25.7 Å². The van der Waals surface area contributed by atoms with E-state index in [1.54, 1.807) is 37.3 Å². The second-order valence-corrected chi connectivity index (χ2v) is 8.52. The van der Waals surface area contributed by atoms with Gasteiger partial charge in [0.2, 0.25) is 5.96 Å². The Kier molecular flexibility index (Phi) is 8.11. The van der Waals surface area contributed by atoms with Crippen molar-refractivity contribution in [1.29, 1.82) is 5.26 Å². The number of anilines is 1. The van der Waals surface area contributed by atoms with E-state index in [1.807, 2.05) is 72.6 Å². The summed E-state index contributed by atoms with van der Waals surface area (Å²) in [5.41, 5.74) is 3.32. The minimum Gasteiger partial charge on any atom is -0.497 e. The molecule has 0 spiro atoms. The second kappa shape index (κ2) is 11.8. The number of carbonyl (C=O) groups is 1. The van der Waals surface area contributed by atoms with Crippen molar-refractivity contribution in [3.05, 3.63) is 83.9 Å². The van der Waals surface area contributed by atoms with Crippen molar-refractivity contribution >= 4 is 23.4 Å². The number of hydrogen-bond donors (Lipinski definition) is 2. The summed E-state index contributed by atoms with van der Waals surface area (Å²) in [6, 6.07) is 22.3. The molecule has 0 saturated carbocycles. The monoisotopic (exact) mass is 498 g/mol. The van der Waals surface area contributed by atoms with Crippen molar-refractivity contribution < 1.29 is 14.3 Å². The van der Waals surface area contributed by atoms with E-state index in [1.165, 1.54) is 0 Å². The largest absolute Gasteiger partial charge is 0.497 e. The molecule has 1 saturated heterocycles. The first-order chi connectivity index (χ1) is 18.0. The number of para-hydroxylation sites is 1. The number of nitrogens with one attached hydrogen (secondary N) is 2. The molecule has 1 aliphatic heterocycles. The standard InChI is InChI=1S/C28H30N6O3/c1-20-9-7-8-12-23(20)31-27(30-19-29)33-15-16-34(25(18-33)21-10-5-4-6-11-21)28(35)32-24-14-13-22(36-2)17-26(24)37-3/h4-14,17,25H,15-16,18H2,1-3H3,(H,30,31)(H,32,35). The van der Waals surface area contributed by atoms with E-state index in [0.29, 0.717) is 42.8 Å². The van der Waals surface area contributed by atoms with Gasteiger partial charge in [-0.3, -0.25) is 5.32 Å². The Balaban J connectivity index is 1.62. The van der Waals surface area contributed by atoms with Crippen molar-refractivity contribution in [2.24, 2.45) is 4.99 Å². The van der Waals surface area contributed by atoms with Gasteiger partial charge < -0.3 is 24.6 Å². The number of aryl methyl sites for hydroxylation is 1. The molecule has 3 aromatic rings. The number of urea groups is 1. The number of methoxy groups -OCH3 is 2. The topological polar surface area (TPSA) is 102 Å². The van der Waals surface area contributed by atoms with E-state index >= 15 is 0 Å². The molecular weight excluding hydrogens is 468 g/mol. The van der Waals surface area contributed by atoms with Crippen LogP contribution in [0, 0.1) is 18.4 Å². The summed E-state index contributed by atoms with van der Waals surface area (Å²) in [6.45, 7) is 3.35.